The first kappa shape index (κ1) is 14.1. The van der Waals surface area contributed by atoms with Crippen molar-refractivity contribution in [3.8, 4) is 11.8 Å². The van der Waals surface area contributed by atoms with Gasteiger partial charge in [-0.3, -0.25) is 4.90 Å². The molecular formula is C17H18N2O. The summed E-state index contributed by atoms with van der Waals surface area (Å²) in [5.74, 6) is 0.916. The van der Waals surface area contributed by atoms with Crippen LogP contribution in [0.4, 0.5) is 0 Å². The summed E-state index contributed by atoms with van der Waals surface area (Å²) in [6, 6.07) is 17.9. The van der Waals surface area contributed by atoms with Gasteiger partial charge in [-0.05, 0) is 30.8 Å². The summed E-state index contributed by atoms with van der Waals surface area (Å²) in [6.07, 6.45) is 0. The highest BCUT2D eigenvalue weighted by Gasteiger charge is 2.06. The number of nitriles is 1. The Morgan fingerprint density at radius 1 is 1.05 bits per heavy atom. The van der Waals surface area contributed by atoms with Gasteiger partial charge >= 0.3 is 0 Å². The molecule has 0 N–H and O–H groups in total. The molecule has 3 nitrogen and oxygen atoms in total. The molecule has 2 aromatic rings. The lowest BCUT2D eigenvalue weighted by atomic mass is 10.1. The van der Waals surface area contributed by atoms with Gasteiger partial charge in [0, 0.05) is 18.7 Å². The van der Waals surface area contributed by atoms with Crippen molar-refractivity contribution in [3.05, 3.63) is 65.2 Å². The Morgan fingerprint density at radius 3 is 2.40 bits per heavy atom. The summed E-state index contributed by atoms with van der Waals surface area (Å²) < 4.78 is 5.36. The van der Waals surface area contributed by atoms with Crippen molar-refractivity contribution in [1.82, 2.24) is 4.90 Å². The van der Waals surface area contributed by atoms with Crippen molar-refractivity contribution in [2.45, 2.75) is 13.1 Å². The predicted octanol–water partition coefficient (Wildman–Crippen LogP) is 3.20. The van der Waals surface area contributed by atoms with E-state index in [9.17, 15) is 0 Å². The molecule has 2 aromatic carbocycles. The zero-order chi connectivity index (χ0) is 14.4. The van der Waals surface area contributed by atoms with Crippen LogP contribution >= 0.6 is 0 Å². The zero-order valence-corrected chi connectivity index (χ0v) is 11.8. The fourth-order valence-electron chi connectivity index (χ4n) is 2.18. The van der Waals surface area contributed by atoms with Crippen molar-refractivity contribution in [2.75, 3.05) is 14.2 Å². The van der Waals surface area contributed by atoms with E-state index in [0.29, 0.717) is 5.56 Å². The molecule has 0 radical (unpaired) electrons. The van der Waals surface area contributed by atoms with Gasteiger partial charge in [-0.25, -0.2) is 0 Å². The predicted molar refractivity (Wildman–Crippen MR) is 79.3 cm³/mol. The maximum absolute atomic E-state index is 8.79. The third kappa shape index (κ3) is 3.59. The summed E-state index contributed by atoms with van der Waals surface area (Å²) in [5.41, 5.74) is 3.06. The highest BCUT2D eigenvalue weighted by molar-refractivity contribution is 5.34. The number of hydrogen-bond acceptors (Lipinski definition) is 3. The first-order valence-corrected chi connectivity index (χ1v) is 6.52. The van der Waals surface area contributed by atoms with E-state index < -0.39 is 0 Å². The average molecular weight is 266 g/mol. The first-order valence-electron chi connectivity index (χ1n) is 6.52. The van der Waals surface area contributed by atoms with Crippen LogP contribution in [-0.2, 0) is 13.1 Å². The fourth-order valence-corrected chi connectivity index (χ4v) is 2.18. The van der Waals surface area contributed by atoms with E-state index in [2.05, 4.69) is 24.1 Å². The van der Waals surface area contributed by atoms with Gasteiger partial charge in [0.2, 0.25) is 0 Å². The minimum absolute atomic E-state index is 0.695. The lowest BCUT2D eigenvalue weighted by Gasteiger charge is -2.18. The van der Waals surface area contributed by atoms with Gasteiger partial charge in [0.15, 0.2) is 0 Å². The molecule has 3 heteroatoms. The van der Waals surface area contributed by atoms with Crippen molar-refractivity contribution >= 4 is 0 Å². The molecule has 0 atom stereocenters. The van der Waals surface area contributed by atoms with Crippen molar-refractivity contribution in [3.63, 3.8) is 0 Å². The summed E-state index contributed by atoms with van der Waals surface area (Å²) in [6.45, 7) is 1.66. The topological polar surface area (TPSA) is 36.3 Å². The second-order valence-corrected chi connectivity index (χ2v) is 4.79. The fraction of sp³-hybridized carbons (Fsp3) is 0.235. The van der Waals surface area contributed by atoms with E-state index in [4.69, 9.17) is 10.00 Å². The van der Waals surface area contributed by atoms with E-state index in [0.717, 1.165) is 18.8 Å². The van der Waals surface area contributed by atoms with Crippen LogP contribution in [0.25, 0.3) is 0 Å². The van der Waals surface area contributed by atoms with Gasteiger partial charge < -0.3 is 4.74 Å². The Hall–Kier alpha value is -2.31. The number of ether oxygens (including phenoxy) is 1. The van der Waals surface area contributed by atoms with Crippen molar-refractivity contribution in [1.29, 1.82) is 5.26 Å². The molecule has 0 saturated heterocycles. The molecule has 102 valence electrons. The second kappa shape index (κ2) is 6.74. The minimum atomic E-state index is 0.695. The van der Waals surface area contributed by atoms with Gasteiger partial charge in [0.05, 0.1) is 18.7 Å². The van der Waals surface area contributed by atoms with Crippen molar-refractivity contribution in [2.24, 2.45) is 0 Å². The highest BCUT2D eigenvalue weighted by atomic mass is 16.5. The molecule has 0 aliphatic rings. The summed E-state index contributed by atoms with van der Waals surface area (Å²) in [5, 5.41) is 8.79. The molecule has 0 fully saturated rings. The number of para-hydroxylation sites is 1. The van der Waals surface area contributed by atoms with E-state index in [1.54, 1.807) is 7.11 Å². The maximum atomic E-state index is 8.79. The lowest BCUT2D eigenvalue weighted by molar-refractivity contribution is 0.310. The second-order valence-electron chi connectivity index (χ2n) is 4.79. The van der Waals surface area contributed by atoms with E-state index >= 15 is 0 Å². The summed E-state index contributed by atoms with van der Waals surface area (Å²) in [7, 11) is 3.77. The molecule has 0 bridgehead atoms. The average Bonchev–Trinajstić information content (AvgIpc) is 2.48. The SMILES string of the molecule is COc1ccccc1CN(C)Cc1ccc(C#N)cc1. The molecule has 0 aromatic heterocycles. The molecule has 2 rings (SSSR count). The Bertz CT molecular complexity index is 599. The van der Waals surface area contributed by atoms with Gasteiger partial charge in [0.1, 0.15) is 5.75 Å². The number of nitrogens with zero attached hydrogens (tertiary/aromatic N) is 2. The normalized spacial score (nSPS) is 10.3. The van der Waals surface area contributed by atoms with Gasteiger partial charge in [-0.2, -0.15) is 5.26 Å². The van der Waals surface area contributed by atoms with Crippen LogP contribution < -0.4 is 4.74 Å². The molecule has 0 spiro atoms. The summed E-state index contributed by atoms with van der Waals surface area (Å²) >= 11 is 0. The number of hydrogen-bond donors (Lipinski definition) is 0. The van der Waals surface area contributed by atoms with Gasteiger partial charge in [0.25, 0.3) is 0 Å². The molecule has 0 aliphatic heterocycles. The van der Waals surface area contributed by atoms with Crippen LogP contribution in [0.2, 0.25) is 0 Å². The Kier molecular flexibility index (Phi) is 4.75. The lowest BCUT2D eigenvalue weighted by Crippen LogP contribution is -2.17. The standard InChI is InChI=1S/C17H18N2O/c1-19(12-15-9-7-14(11-18)8-10-15)13-16-5-3-4-6-17(16)20-2/h3-10H,12-13H2,1-2H3. The smallest absolute Gasteiger partial charge is 0.123 e. The quantitative estimate of drug-likeness (QED) is 0.833. The van der Waals surface area contributed by atoms with Crippen LogP contribution in [0.15, 0.2) is 48.5 Å². The minimum Gasteiger partial charge on any atom is -0.496 e. The van der Waals surface area contributed by atoms with Crippen molar-refractivity contribution < 1.29 is 4.74 Å². The Labute approximate surface area is 120 Å². The molecule has 0 unspecified atom stereocenters. The zero-order valence-electron chi connectivity index (χ0n) is 11.8. The van der Waals surface area contributed by atoms with Crippen LogP contribution in [-0.4, -0.2) is 19.1 Å². The first-order chi connectivity index (χ1) is 9.72. The number of methoxy groups -OCH3 is 1. The molecule has 0 amide bonds. The molecule has 20 heavy (non-hydrogen) atoms. The Balaban J connectivity index is 2.01. The van der Waals surface area contributed by atoms with Crippen LogP contribution in [0.1, 0.15) is 16.7 Å². The molecule has 0 aliphatic carbocycles. The third-order valence-corrected chi connectivity index (χ3v) is 3.17. The van der Waals surface area contributed by atoms with Crippen LogP contribution in [0, 0.1) is 11.3 Å². The van der Waals surface area contributed by atoms with E-state index in [-0.39, 0.29) is 0 Å². The van der Waals surface area contributed by atoms with E-state index in [1.807, 2.05) is 42.5 Å². The van der Waals surface area contributed by atoms with Crippen LogP contribution in [0.3, 0.4) is 0 Å². The van der Waals surface area contributed by atoms with E-state index in [1.165, 1.54) is 11.1 Å². The maximum Gasteiger partial charge on any atom is 0.123 e. The molecular weight excluding hydrogens is 248 g/mol. The Morgan fingerprint density at radius 2 is 1.75 bits per heavy atom. The molecule has 0 heterocycles. The number of benzene rings is 2. The highest BCUT2D eigenvalue weighted by Crippen LogP contribution is 2.19. The monoisotopic (exact) mass is 266 g/mol. The third-order valence-electron chi connectivity index (χ3n) is 3.17. The van der Waals surface area contributed by atoms with Crippen LogP contribution in [0.5, 0.6) is 5.75 Å². The largest absolute Gasteiger partial charge is 0.496 e. The van der Waals surface area contributed by atoms with Gasteiger partial charge in [-0.15, -0.1) is 0 Å². The summed E-state index contributed by atoms with van der Waals surface area (Å²) in [4.78, 5) is 2.22. The van der Waals surface area contributed by atoms with Gasteiger partial charge in [-0.1, -0.05) is 30.3 Å². The molecule has 0 saturated carbocycles. The number of rotatable bonds is 5.